The lowest BCUT2D eigenvalue weighted by Crippen LogP contribution is -2.31. The zero-order valence-electron chi connectivity index (χ0n) is 12.1. The van der Waals surface area contributed by atoms with E-state index in [9.17, 15) is 9.59 Å². The van der Waals surface area contributed by atoms with Crippen LogP contribution in [0.25, 0.3) is 6.08 Å². The van der Waals surface area contributed by atoms with E-state index in [2.05, 4.69) is 5.32 Å². The minimum atomic E-state index is -0.730. The fraction of sp³-hybridized carbons (Fsp3) is 0.0588. The summed E-state index contributed by atoms with van der Waals surface area (Å²) in [5, 5.41) is 2.52. The van der Waals surface area contributed by atoms with E-state index in [4.69, 9.17) is 15.2 Å². The molecule has 2 aromatic carbocycles. The van der Waals surface area contributed by atoms with Crippen molar-refractivity contribution in [2.75, 3.05) is 6.79 Å². The molecule has 3 N–H and O–H groups in total. The van der Waals surface area contributed by atoms with E-state index in [0.29, 0.717) is 22.6 Å². The topological polar surface area (TPSA) is 90.7 Å². The summed E-state index contributed by atoms with van der Waals surface area (Å²) in [6.45, 7) is 0.163. The van der Waals surface area contributed by atoms with Gasteiger partial charge in [-0.2, -0.15) is 0 Å². The number of hydrogen-bond acceptors (Lipinski definition) is 4. The average molecular weight is 310 g/mol. The molecule has 0 radical (unpaired) electrons. The van der Waals surface area contributed by atoms with Gasteiger partial charge in [0.15, 0.2) is 11.5 Å². The van der Waals surface area contributed by atoms with Gasteiger partial charge >= 0.3 is 0 Å². The van der Waals surface area contributed by atoms with Crippen molar-refractivity contribution in [3.05, 3.63) is 65.4 Å². The lowest BCUT2D eigenvalue weighted by atomic mass is 10.1. The molecule has 0 bridgehead atoms. The molecule has 0 spiro atoms. The van der Waals surface area contributed by atoms with Gasteiger partial charge in [0.05, 0.1) is 0 Å². The molecule has 0 unspecified atom stereocenters. The highest BCUT2D eigenvalue weighted by Gasteiger charge is 2.15. The second-order valence-corrected chi connectivity index (χ2v) is 4.86. The molecule has 3 rings (SSSR count). The van der Waals surface area contributed by atoms with Crippen LogP contribution in [-0.2, 0) is 4.79 Å². The van der Waals surface area contributed by atoms with Gasteiger partial charge in [0.1, 0.15) is 5.70 Å². The van der Waals surface area contributed by atoms with Gasteiger partial charge in [0, 0.05) is 5.56 Å². The second kappa shape index (κ2) is 6.23. The largest absolute Gasteiger partial charge is 0.454 e. The summed E-state index contributed by atoms with van der Waals surface area (Å²) in [6, 6.07) is 13.7. The van der Waals surface area contributed by atoms with Crippen molar-refractivity contribution >= 4 is 17.9 Å². The average Bonchev–Trinajstić information content (AvgIpc) is 3.02. The molecule has 0 saturated carbocycles. The summed E-state index contributed by atoms with van der Waals surface area (Å²) in [7, 11) is 0. The Morgan fingerprint density at radius 3 is 2.52 bits per heavy atom. The maximum absolute atomic E-state index is 12.1. The zero-order chi connectivity index (χ0) is 16.2. The number of benzene rings is 2. The molecule has 1 aliphatic heterocycles. The molecule has 0 atom stereocenters. The molecule has 6 heteroatoms. The molecule has 0 aliphatic carbocycles. The summed E-state index contributed by atoms with van der Waals surface area (Å²) < 4.78 is 10.5. The van der Waals surface area contributed by atoms with Crippen molar-refractivity contribution in [2.24, 2.45) is 5.73 Å². The van der Waals surface area contributed by atoms with E-state index < -0.39 is 11.8 Å². The first kappa shape index (κ1) is 14.6. The minimum absolute atomic E-state index is 0.00211. The summed E-state index contributed by atoms with van der Waals surface area (Å²) in [6.07, 6.45) is 1.49. The SMILES string of the molecule is NC(=O)/C(=C\c1ccc2c(c1)OCO2)NC(=O)c1ccccc1. The second-order valence-electron chi connectivity index (χ2n) is 4.86. The maximum Gasteiger partial charge on any atom is 0.265 e. The third-order valence-electron chi connectivity index (χ3n) is 3.26. The zero-order valence-corrected chi connectivity index (χ0v) is 12.1. The van der Waals surface area contributed by atoms with Gasteiger partial charge in [0.25, 0.3) is 11.8 Å². The van der Waals surface area contributed by atoms with E-state index in [1.54, 1.807) is 48.5 Å². The Morgan fingerprint density at radius 1 is 1.04 bits per heavy atom. The first-order valence-corrected chi connectivity index (χ1v) is 6.91. The Hall–Kier alpha value is -3.28. The van der Waals surface area contributed by atoms with Crippen LogP contribution in [0.4, 0.5) is 0 Å². The number of carbonyl (C=O) groups is 2. The highest BCUT2D eigenvalue weighted by molar-refractivity contribution is 6.04. The Morgan fingerprint density at radius 2 is 1.78 bits per heavy atom. The lowest BCUT2D eigenvalue weighted by molar-refractivity contribution is -0.114. The number of carbonyl (C=O) groups excluding carboxylic acids is 2. The van der Waals surface area contributed by atoms with Gasteiger partial charge in [-0.3, -0.25) is 9.59 Å². The first-order valence-electron chi connectivity index (χ1n) is 6.91. The predicted octanol–water partition coefficient (Wildman–Crippen LogP) is 1.67. The highest BCUT2D eigenvalue weighted by Crippen LogP contribution is 2.32. The third kappa shape index (κ3) is 3.32. The molecule has 6 nitrogen and oxygen atoms in total. The number of hydrogen-bond donors (Lipinski definition) is 2. The number of ether oxygens (including phenoxy) is 2. The summed E-state index contributed by atoms with van der Waals surface area (Å²) in [4.78, 5) is 23.7. The van der Waals surface area contributed by atoms with Gasteiger partial charge in [-0.05, 0) is 35.9 Å². The molecule has 116 valence electrons. The number of primary amides is 1. The smallest absolute Gasteiger partial charge is 0.265 e. The van der Waals surface area contributed by atoms with E-state index in [1.807, 2.05) is 0 Å². The number of nitrogens with one attached hydrogen (secondary N) is 1. The normalized spacial score (nSPS) is 12.8. The third-order valence-corrected chi connectivity index (χ3v) is 3.26. The predicted molar refractivity (Wildman–Crippen MR) is 83.6 cm³/mol. The van der Waals surface area contributed by atoms with Crippen molar-refractivity contribution in [3.8, 4) is 11.5 Å². The molecule has 1 aliphatic rings. The number of nitrogens with two attached hydrogens (primary N) is 1. The fourth-order valence-electron chi connectivity index (χ4n) is 2.12. The molecule has 0 aromatic heterocycles. The Bertz CT molecular complexity index is 784. The van der Waals surface area contributed by atoms with Gasteiger partial charge in [-0.25, -0.2) is 0 Å². The van der Waals surface area contributed by atoms with E-state index in [-0.39, 0.29) is 12.5 Å². The van der Waals surface area contributed by atoms with Crippen molar-refractivity contribution in [2.45, 2.75) is 0 Å². The van der Waals surface area contributed by atoms with E-state index in [1.165, 1.54) is 6.08 Å². The number of rotatable bonds is 4. The molecule has 23 heavy (non-hydrogen) atoms. The van der Waals surface area contributed by atoms with Crippen molar-refractivity contribution < 1.29 is 19.1 Å². The van der Waals surface area contributed by atoms with Crippen LogP contribution in [0.2, 0.25) is 0 Å². The van der Waals surface area contributed by atoms with Crippen LogP contribution in [0.3, 0.4) is 0 Å². The van der Waals surface area contributed by atoms with Gasteiger partial charge in [0.2, 0.25) is 6.79 Å². The molecule has 2 amide bonds. The van der Waals surface area contributed by atoms with E-state index in [0.717, 1.165) is 0 Å². The maximum atomic E-state index is 12.1. The Kier molecular flexibility index (Phi) is 3.97. The van der Waals surface area contributed by atoms with Crippen molar-refractivity contribution in [1.29, 1.82) is 0 Å². The number of fused-ring (bicyclic) bond motifs is 1. The lowest BCUT2D eigenvalue weighted by Gasteiger charge is -2.07. The van der Waals surface area contributed by atoms with Crippen molar-refractivity contribution in [1.82, 2.24) is 5.32 Å². The molecule has 0 saturated heterocycles. The first-order chi connectivity index (χ1) is 11.1. The van der Waals surface area contributed by atoms with Gasteiger partial charge in [-0.1, -0.05) is 24.3 Å². The Balaban J connectivity index is 1.84. The molecular weight excluding hydrogens is 296 g/mol. The summed E-state index contributed by atoms with van der Waals surface area (Å²) in [5.74, 6) is 0.0800. The van der Waals surface area contributed by atoms with Crippen LogP contribution in [0.15, 0.2) is 54.2 Å². The van der Waals surface area contributed by atoms with Crippen LogP contribution in [0.1, 0.15) is 15.9 Å². The van der Waals surface area contributed by atoms with Crippen LogP contribution in [-0.4, -0.2) is 18.6 Å². The van der Waals surface area contributed by atoms with Crippen LogP contribution >= 0.6 is 0 Å². The minimum Gasteiger partial charge on any atom is -0.454 e. The fourth-order valence-corrected chi connectivity index (χ4v) is 2.12. The highest BCUT2D eigenvalue weighted by atomic mass is 16.7. The number of amides is 2. The van der Waals surface area contributed by atoms with Gasteiger partial charge < -0.3 is 20.5 Å². The standard InChI is InChI=1S/C17H14N2O4/c18-16(20)13(19-17(21)12-4-2-1-3-5-12)8-11-6-7-14-15(9-11)23-10-22-14/h1-9H,10H2,(H2,18,20)(H,19,21)/b13-8+. The summed E-state index contributed by atoms with van der Waals surface area (Å²) in [5.41, 5.74) is 6.44. The van der Waals surface area contributed by atoms with E-state index >= 15 is 0 Å². The summed E-state index contributed by atoms with van der Waals surface area (Å²) >= 11 is 0. The Labute approximate surface area is 132 Å². The monoisotopic (exact) mass is 310 g/mol. The van der Waals surface area contributed by atoms with Crippen LogP contribution < -0.4 is 20.5 Å². The van der Waals surface area contributed by atoms with Crippen LogP contribution in [0.5, 0.6) is 11.5 Å². The molecule has 1 heterocycles. The van der Waals surface area contributed by atoms with Gasteiger partial charge in [-0.15, -0.1) is 0 Å². The molecule has 0 fully saturated rings. The molecular formula is C17H14N2O4. The molecule has 2 aromatic rings. The van der Waals surface area contributed by atoms with Crippen LogP contribution in [0, 0.1) is 0 Å². The quantitative estimate of drug-likeness (QED) is 0.841. The van der Waals surface area contributed by atoms with Crippen molar-refractivity contribution in [3.63, 3.8) is 0 Å².